The van der Waals surface area contributed by atoms with Crippen LogP contribution in [-0.2, 0) is 6.54 Å². The van der Waals surface area contributed by atoms with Crippen LogP contribution in [0.25, 0.3) is 10.8 Å². The van der Waals surface area contributed by atoms with Gasteiger partial charge in [0.1, 0.15) is 11.6 Å². The summed E-state index contributed by atoms with van der Waals surface area (Å²) in [6, 6.07) is 7.20. The third kappa shape index (κ3) is 3.51. The molecule has 1 aliphatic rings. The molecule has 0 unspecified atom stereocenters. The first-order valence-electron chi connectivity index (χ1n) is 9.82. The van der Waals surface area contributed by atoms with Crippen LogP contribution in [0.3, 0.4) is 0 Å². The number of halogens is 1. The zero-order valence-electron chi connectivity index (χ0n) is 17.6. The Labute approximate surface area is 170 Å². The SMILES string of the molecule is Cc1c(F)cccc1CNc1nnc(C)c2cnc(N3CC(C)(N(C)C)C3)cc12. The molecule has 4 rings (SSSR count). The molecule has 1 saturated heterocycles. The van der Waals surface area contributed by atoms with E-state index in [2.05, 4.69) is 57.4 Å². The van der Waals surface area contributed by atoms with Crippen LogP contribution in [0.2, 0.25) is 0 Å². The highest BCUT2D eigenvalue weighted by Gasteiger charge is 2.41. The number of benzene rings is 1. The summed E-state index contributed by atoms with van der Waals surface area (Å²) in [5.41, 5.74) is 2.56. The first kappa shape index (κ1) is 19.5. The zero-order chi connectivity index (χ0) is 20.8. The van der Waals surface area contributed by atoms with Gasteiger partial charge in [-0.05, 0) is 58.1 Å². The second kappa shape index (κ2) is 7.22. The third-order valence-corrected chi connectivity index (χ3v) is 6.13. The van der Waals surface area contributed by atoms with Crippen molar-refractivity contribution >= 4 is 22.4 Å². The summed E-state index contributed by atoms with van der Waals surface area (Å²) in [5.74, 6) is 1.43. The largest absolute Gasteiger partial charge is 0.364 e. The molecule has 2 aromatic heterocycles. The van der Waals surface area contributed by atoms with E-state index in [9.17, 15) is 4.39 Å². The fraction of sp³-hybridized carbons (Fsp3) is 0.409. The lowest BCUT2D eigenvalue weighted by Gasteiger charge is -2.52. The Hall–Kier alpha value is -2.80. The molecule has 152 valence electrons. The quantitative estimate of drug-likeness (QED) is 0.714. The van der Waals surface area contributed by atoms with Crippen molar-refractivity contribution in [1.29, 1.82) is 0 Å². The standard InChI is InChI=1S/C22H27FN6/c1-14-16(7-6-8-19(14)23)10-25-21-17-9-20(24-11-18(17)15(2)26-27-21)29-12-22(3,13-29)28(4)5/h6-9,11H,10,12-13H2,1-5H3,(H,25,27). The number of aryl methyl sites for hydroxylation is 1. The van der Waals surface area contributed by atoms with Crippen LogP contribution in [0.1, 0.15) is 23.7 Å². The van der Waals surface area contributed by atoms with Crippen LogP contribution in [-0.4, -0.2) is 52.8 Å². The van der Waals surface area contributed by atoms with Gasteiger partial charge in [-0.2, -0.15) is 5.10 Å². The fourth-order valence-electron chi connectivity index (χ4n) is 3.71. The Kier molecular flexibility index (Phi) is 4.86. The number of likely N-dealkylation sites (N-methyl/N-ethyl adjacent to an activating group) is 1. The lowest BCUT2D eigenvalue weighted by Crippen LogP contribution is -2.67. The second-order valence-electron chi connectivity index (χ2n) is 8.35. The van der Waals surface area contributed by atoms with Crippen LogP contribution in [0, 0.1) is 19.7 Å². The van der Waals surface area contributed by atoms with E-state index in [0.717, 1.165) is 40.9 Å². The van der Waals surface area contributed by atoms with Crippen LogP contribution in [0.4, 0.5) is 16.0 Å². The van der Waals surface area contributed by atoms with Gasteiger partial charge in [0.2, 0.25) is 0 Å². The molecule has 1 N–H and O–H groups in total. The highest BCUT2D eigenvalue weighted by Crippen LogP contribution is 2.32. The van der Waals surface area contributed by atoms with Crippen LogP contribution in [0.15, 0.2) is 30.5 Å². The maximum Gasteiger partial charge on any atom is 0.157 e. The van der Waals surface area contributed by atoms with Crippen LogP contribution >= 0.6 is 0 Å². The molecule has 0 amide bonds. The minimum absolute atomic E-state index is 0.166. The number of nitrogens with zero attached hydrogens (tertiary/aromatic N) is 5. The lowest BCUT2D eigenvalue weighted by atomic mass is 9.91. The number of anilines is 2. The molecule has 0 atom stereocenters. The van der Waals surface area contributed by atoms with Crippen LogP contribution < -0.4 is 10.2 Å². The molecule has 6 nitrogen and oxygen atoms in total. The lowest BCUT2D eigenvalue weighted by molar-refractivity contribution is 0.132. The molecule has 3 heterocycles. The molecule has 1 aromatic carbocycles. The average molecular weight is 394 g/mol. The number of pyridine rings is 1. The number of aromatic nitrogens is 3. The van der Waals surface area contributed by atoms with Gasteiger partial charge < -0.3 is 15.1 Å². The number of rotatable bonds is 5. The van der Waals surface area contributed by atoms with Gasteiger partial charge in [-0.25, -0.2) is 9.37 Å². The number of fused-ring (bicyclic) bond motifs is 1. The Morgan fingerprint density at radius 3 is 2.66 bits per heavy atom. The van der Waals surface area contributed by atoms with Crippen molar-refractivity contribution in [2.45, 2.75) is 32.9 Å². The minimum atomic E-state index is -0.197. The van der Waals surface area contributed by atoms with E-state index in [1.807, 2.05) is 19.2 Å². The molecular weight excluding hydrogens is 367 g/mol. The Bertz CT molecular complexity index is 1060. The molecule has 0 radical (unpaired) electrons. The fourth-order valence-corrected chi connectivity index (χ4v) is 3.71. The van der Waals surface area contributed by atoms with Gasteiger partial charge in [0.05, 0.1) is 11.2 Å². The van der Waals surface area contributed by atoms with Crippen molar-refractivity contribution in [3.63, 3.8) is 0 Å². The first-order chi connectivity index (χ1) is 13.8. The molecule has 0 saturated carbocycles. The Morgan fingerprint density at radius 1 is 1.17 bits per heavy atom. The van der Waals surface area contributed by atoms with E-state index in [1.54, 1.807) is 13.0 Å². The highest BCUT2D eigenvalue weighted by atomic mass is 19.1. The van der Waals surface area contributed by atoms with Gasteiger partial charge in [0, 0.05) is 36.6 Å². The van der Waals surface area contributed by atoms with E-state index >= 15 is 0 Å². The van der Waals surface area contributed by atoms with E-state index in [4.69, 9.17) is 0 Å². The summed E-state index contributed by atoms with van der Waals surface area (Å²) in [5, 5.41) is 13.9. The van der Waals surface area contributed by atoms with Gasteiger partial charge in [-0.15, -0.1) is 5.10 Å². The zero-order valence-corrected chi connectivity index (χ0v) is 17.6. The molecule has 7 heteroatoms. The summed E-state index contributed by atoms with van der Waals surface area (Å²) in [7, 11) is 4.22. The minimum Gasteiger partial charge on any atom is -0.364 e. The average Bonchev–Trinajstić information content (AvgIpc) is 2.67. The Balaban J connectivity index is 1.62. The van der Waals surface area contributed by atoms with Crippen molar-refractivity contribution in [2.75, 3.05) is 37.4 Å². The number of nitrogens with one attached hydrogen (secondary N) is 1. The van der Waals surface area contributed by atoms with Crippen molar-refractivity contribution in [1.82, 2.24) is 20.1 Å². The maximum absolute atomic E-state index is 13.8. The molecular formula is C22H27FN6. The topological polar surface area (TPSA) is 57.2 Å². The molecule has 1 aliphatic heterocycles. The van der Waals surface area contributed by atoms with Gasteiger partial charge in [0.25, 0.3) is 0 Å². The summed E-state index contributed by atoms with van der Waals surface area (Å²) < 4.78 is 13.8. The molecule has 29 heavy (non-hydrogen) atoms. The highest BCUT2D eigenvalue weighted by molar-refractivity contribution is 5.94. The summed E-state index contributed by atoms with van der Waals surface area (Å²) in [4.78, 5) is 9.19. The van der Waals surface area contributed by atoms with E-state index in [0.29, 0.717) is 17.9 Å². The Morgan fingerprint density at radius 2 is 1.93 bits per heavy atom. The first-order valence-corrected chi connectivity index (χ1v) is 9.82. The molecule has 1 fully saturated rings. The smallest absolute Gasteiger partial charge is 0.157 e. The van der Waals surface area contributed by atoms with Crippen molar-refractivity contribution in [3.05, 3.63) is 53.1 Å². The van der Waals surface area contributed by atoms with Gasteiger partial charge in [-0.1, -0.05) is 12.1 Å². The van der Waals surface area contributed by atoms with Gasteiger partial charge in [-0.3, -0.25) is 0 Å². The van der Waals surface area contributed by atoms with Crippen molar-refractivity contribution in [3.8, 4) is 0 Å². The third-order valence-electron chi connectivity index (χ3n) is 6.13. The second-order valence-corrected chi connectivity index (χ2v) is 8.35. The number of hydrogen-bond acceptors (Lipinski definition) is 6. The summed E-state index contributed by atoms with van der Waals surface area (Å²) >= 11 is 0. The monoisotopic (exact) mass is 394 g/mol. The van der Waals surface area contributed by atoms with Crippen molar-refractivity contribution < 1.29 is 4.39 Å². The summed E-state index contributed by atoms with van der Waals surface area (Å²) in [6.45, 7) is 8.33. The molecule has 0 spiro atoms. The predicted octanol–water partition coefficient (Wildman–Crippen LogP) is 3.53. The van der Waals surface area contributed by atoms with Gasteiger partial charge >= 0.3 is 0 Å². The molecule has 0 aliphatic carbocycles. The normalized spacial score (nSPS) is 15.6. The predicted molar refractivity (Wildman–Crippen MR) is 115 cm³/mol. The van der Waals surface area contributed by atoms with E-state index in [-0.39, 0.29) is 11.4 Å². The summed E-state index contributed by atoms with van der Waals surface area (Å²) in [6.07, 6.45) is 1.87. The number of hydrogen-bond donors (Lipinski definition) is 1. The maximum atomic E-state index is 13.8. The van der Waals surface area contributed by atoms with E-state index in [1.165, 1.54) is 6.07 Å². The van der Waals surface area contributed by atoms with Crippen molar-refractivity contribution in [2.24, 2.45) is 0 Å². The van der Waals surface area contributed by atoms with Crippen LogP contribution in [0.5, 0.6) is 0 Å². The van der Waals surface area contributed by atoms with Gasteiger partial charge in [0.15, 0.2) is 5.82 Å². The molecule has 3 aromatic rings. The van der Waals surface area contributed by atoms with E-state index < -0.39 is 0 Å². The molecule has 0 bridgehead atoms.